The standard InChI is InChI=1S/C16H22ClN5O/c1-12-20-15(23-21-12)5-4-10-19-16(18-2)22(3)11-13-6-8-14(17)9-7-13/h6-9H,4-5,10-11H2,1-3H3,(H,18,19). The number of nitrogens with one attached hydrogen (secondary N) is 1. The van der Waals surface area contributed by atoms with Gasteiger partial charge in [0.1, 0.15) is 0 Å². The summed E-state index contributed by atoms with van der Waals surface area (Å²) in [6.07, 6.45) is 1.65. The summed E-state index contributed by atoms with van der Waals surface area (Å²) in [5, 5.41) is 7.86. The van der Waals surface area contributed by atoms with Crippen LogP contribution in [0.15, 0.2) is 33.8 Å². The Balaban J connectivity index is 1.76. The van der Waals surface area contributed by atoms with Crippen molar-refractivity contribution in [3.05, 3.63) is 46.6 Å². The van der Waals surface area contributed by atoms with Gasteiger partial charge in [-0.15, -0.1) is 0 Å². The van der Waals surface area contributed by atoms with Gasteiger partial charge in [0.15, 0.2) is 11.8 Å². The molecular formula is C16H22ClN5O. The Morgan fingerprint density at radius 2 is 2.09 bits per heavy atom. The van der Waals surface area contributed by atoms with Crippen molar-refractivity contribution in [2.45, 2.75) is 26.3 Å². The summed E-state index contributed by atoms with van der Waals surface area (Å²) in [6.45, 7) is 3.37. The highest BCUT2D eigenvalue weighted by Crippen LogP contribution is 2.11. The molecule has 124 valence electrons. The van der Waals surface area contributed by atoms with Crippen LogP contribution < -0.4 is 5.32 Å². The lowest BCUT2D eigenvalue weighted by Crippen LogP contribution is -2.39. The van der Waals surface area contributed by atoms with Crippen LogP contribution in [0.25, 0.3) is 0 Å². The molecule has 0 unspecified atom stereocenters. The molecule has 0 saturated carbocycles. The van der Waals surface area contributed by atoms with E-state index >= 15 is 0 Å². The fourth-order valence-corrected chi connectivity index (χ4v) is 2.33. The van der Waals surface area contributed by atoms with Gasteiger partial charge in [0.25, 0.3) is 0 Å². The van der Waals surface area contributed by atoms with Gasteiger partial charge in [0.2, 0.25) is 5.89 Å². The molecule has 0 fully saturated rings. The third-order valence-corrected chi connectivity index (χ3v) is 3.58. The first kappa shape index (κ1) is 17.3. The maximum Gasteiger partial charge on any atom is 0.226 e. The van der Waals surface area contributed by atoms with Gasteiger partial charge in [-0.25, -0.2) is 0 Å². The minimum absolute atomic E-state index is 0.673. The van der Waals surface area contributed by atoms with Crippen LogP contribution >= 0.6 is 11.6 Å². The fraction of sp³-hybridized carbons (Fsp3) is 0.438. The zero-order valence-electron chi connectivity index (χ0n) is 13.7. The lowest BCUT2D eigenvalue weighted by Gasteiger charge is -2.22. The normalized spacial score (nSPS) is 11.6. The van der Waals surface area contributed by atoms with Crippen molar-refractivity contribution in [1.29, 1.82) is 0 Å². The highest BCUT2D eigenvalue weighted by molar-refractivity contribution is 6.30. The molecule has 23 heavy (non-hydrogen) atoms. The van der Waals surface area contributed by atoms with Crippen molar-refractivity contribution < 1.29 is 4.52 Å². The van der Waals surface area contributed by atoms with Gasteiger partial charge in [0, 0.05) is 38.6 Å². The Kier molecular flexibility index (Phi) is 6.40. The van der Waals surface area contributed by atoms with Crippen LogP contribution in [0.5, 0.6) is 0 Å². The predicted molar refractivity (Wildman–Crippen MR) is 91.6 cm³/mol. The number of nitrogens with zero attached hydrogens (tertiary/aromatic N) is 4. The van der Waals surface area contributed by atoms with E-state index in [2.05, 4.69) is 25.3 Å². The van der Waals surface area contributed by atoms with Crippen molar-refractivity contribution in [3.8, 4) is 0 Å². The smallest absolute Gasteiger partial charge is 0.226 e. The number of aliphatic imine (C=N–C) groups is 1. The molecule has 2 aromatic rings. The Morgan fingerprint density at radius 1 is 1.35 bits per heavy atom. The van der Waals surface area contributed by atoms with Crippen molar-refractivity contribution in [2.75, 3.05) is 20.6 Å². The van der Waals surface area contributed by atoms with Crippen molar-refractivity contribution in [2.24, 2.45) is 4.99 Å². The first-order chi connectivity index (χ1) is 11.1. The first-order valence-corrected chi connectivity index (χ1v) is 7.91. The Hall–Kier alpha value is -2.08. The van der Waals surface area contributed by atoms with E-state index in [-0.39, 0.29) is 0 Å². The number of guanidine groups is 1. The molecule has 0 aliphatic rings. The van der Waals surface area contributed by atoms with Crippen LogP contribution in [-0.2, 0) is 13.0 Å². The molecule has 0 bridgehead atoms. The lowest BCUT2D eigenvalue weighted by molar-refractivity contribution is 0.371. The number of rotatable bonds is 6. The monoisotopic (exact) mass is 335 g/mol. The summed E-state index contributed by atoms with van der Waals surface area (Å²) in [5.41, 5.74) is 1.18. The molecule has 0 aliphatic heterocycles. The average molecular weight is 336 g/mol. The Labute approximate surface area is 141 Å². The average Bonchev–Trinajstić information content (AvgIpc) is 2.95. The Bertz CT molecular complexity index is 638. The van der Waals surface area contributed by atoms with Crippen LogP contribution in [0.1, 0.15) is 23.7 Å². The SMILES string of the molecule is CN=C(NCCCc1nc(C)no1)N(C)Cc1ccc(Cl)cc1. The van der Waals surface area contributed by atoms with E-state index in [0.29, 0.717) is 11.7 Å². The van der Waals surface area contributed by atoms with Gasteiger partial charge >= 0.3 is 0 Å². The molecule has 0 spiro atoms. The highest BCUT2D eigenvalue weighted by atomic mass is 35.5. The number of aromatic nitrogens is 2. The van der Waals surface area contributed by atoms with Crippen LogP contribution in [0.2, 0.25) is 5.02 Å². The molecule has 0 saturated heterocycles. The van der Waals surface area contributed by atoms with Crippen LogP contribution in [-0.4, -0.2) is 41.6 Å². The number of hydrogen-bond acceptors (Lipinski definition) is 4. The molecule has 0 aliphatic carbocycles. The molecule has 1 aromatic heterocycles. The lowest BCUT2D eigenvalue weighted by atomic mass is 10.2. The summed E-state index contributed by atoms with van der Waals surface area (Å²) < 4.78 is 5.09. The molecule has 2 rings (SSSR count). The molecule has 7 heteroatoms. The number of halogens is 1. The fourth-order valence-electron chi connectivity index (χ4n) is 2.20. The molecule has 0 radical (unpaired) electrons. The number of aryl methyl sites for hydroxylation is 2. The number of benzene rings is 1. The largest absolute Gasteiger partial charge is 0.356 e. The van der Waals surface area contributed by atoms with E-state index in [9.17, 15) is 0 Å². The summed E-state index contributed by atoms with van der Waals surface area (Å²) in [4.78, 5) is 10.6. The van der Waals surface area contributed by atoms with Crippen molar-refractivity contribution in [3.63, 3.8) is 0 Å². The summed E-state index contributed by atoms with van der Waals surface area (Å²) in [6, 6.07) is 7.83. The van der Waals surface area contributed by atoms with Gasteiger partial charge in [-0.3, -0.25) is 4.99 Å². The maximum atomic E-state index is 5.91. The molecular weight excluding hydrogens is 314 g/mol. The van der Waals surface area contributed by atoms with Crippen LogP contribution in [0, 0.1) is 6.92 Å². The minimum atomic E-state index is 0.673. The van der Waals surface area contributed by atoms with E-state index < -0.39 is 0 Å². The quantitative estimate of drug-likeness (QED) is 0.499. The van der Waals surface area contributed by atoms with E-state index in [4.69, 9.17) is 16.1 Å². The van der Waals surface area contributed by atoms with Gasteiger partial charge in [-0.1, -0.05) is 28.9 Å². The highest BCUT2D eigenvalue weighted by Gasteiger charge is 2.07. The third kappa shape index (κ3) is 5.56. The molecule has 1 N–H and O–H groups in total. The summed E-state index contributed by atoms with van der Waals surface area (Å²) >= 11 is 5.91. The second-order valence-electron chi connectivity index (χ2n) is 5.30. The molecule has 1 aromatic carbocycles. The summed E-state index contributed by atoms with van der Waals surface area (Å²) in [7, 11) is 3.79. The van der Waals surface area contributed by atoms with Gasteiger partial charge in [0.05, 0.1) is 0 Å². The maximum absolute atomic E-state index is 5.91. The van der Waals surface area contributed by atoms with E-state index in [1.165, 1.54) is 5.56 Å². The second kappa shape index (κ2) is 8.53. The van der Waals surface area contributed by atoms with Gasteiger partial charge < -0.3 is 14.7 Å². The zero-order chi connectivity index (χ0) is 16.7. The molecule has 1 heterocycles. The first-order valence-electron chi connectivity index (χ1n) is 7.54. The van der Waals surface area contributed by atoms with E-state index in [1.807, 2.05) is 38.2 Å². The molecule has 0 amide bonds. The van der Waals surface area contributed by atoms with E-state index in [1.54, 1.807) is 7.05 Å². The predicted octanol–water partition coefficient (Wildman–Crippen LogP) is 2.67. The molecule has 0 atom stereocenters. The van der Waals surface area contributed by atoms with Gasteiger partial charge in [-0.05, 0) is 31.0 Å². The topological polar surface area (TPSA) is 66.5 Å². The Morgan fingerprint density at radius 3 is 2.70 bits per heavy atom. The van der Waals surface area contributed by atoms with Gasteiger partial charge in [-0.2, -0.15) is 4.98 Å². The van der Waals surface area contributed by atoms with Crippen molar-refractivity contribution >= 4 is 17.6 Å². The zero-order valence-corrected chi connectivity index (χ0v) is 14.5. The van der Waals surface area contributed by atoms with E-state index in [0.717, 1.165) is 36.9 Å². The summed E-state index contributed by atoms with van der Waals surface area (Å²) in [5.74, 6) is 2.20. The minimum Gasteiger partial charge on any atom is -0.356 e. The number of hydrogen-bond donors (Lipinski definition) is 1. The van der Waals surface area contributed by atoms with Crippen molar-refractivity contribution in [1.82, 2.24) is 20.4 Å². The van der Waals surface area contributed by atoms with Crippen LogP contribution in [0.4, 0.5) is 0 Å². The second-order valence-corrected chi connectivity index (χ2v) is 5.73. The van der Waals surface area contributed by atoms with Crippen LogP contribution in [0.3, 0.4) is 0 Å². The molecule has 6 nitrogen and oxygen atoms in total. The third-order valence-electron chi connectivity index (χ3n) is 3.33.